The number of halogens is 1. The quantitative estimate of drug-likeness (QED) is 0.639. The maximum absolute atomic E-state index is 13.3. The number of hydrogen-bond donors (Lipinski definition) is 1. The van der Waals surface area contributed by atoms with Crippen molar-refractivity contribution in [1.82, 2.24) is 5.32 Å². The summed E-state index contributed by atoms with van der Waals surface area (Å²) in [5.41, 5.74) is 1.42. The van der Waals surface area contributed by atoms with Crippen LogP contribution in [0.1, 0.15) is 5.56 Å². The van der Waals surface area contributed by atoms with Crippen molar-refractivity contribution in [2.24, 2.45) is 0 Å². The maximum Gasteiger partial charge on any atom is 0.264 e. The van der Waals surface area contributed by atoms with E-state index in [-0.39, 0.29) is 11.4 Å². The third kappa shape index (κ3) is 4.54. The molecule has 0 spiro atoms. The fourth-order valence-electron chi connectivity index (χ4n) is 3.39. The van der Waals surface area contributed by atoms with Gasteiger partial charge in [0.15, 0.2) is 6.10 Å². The van der Waals surface area contributed by atoms with Crippen molar-refractivity contribution in [2.45, 2.75) is 17.4 Å². The molecular weight excluding hydrogens is 419 g/mol. The molecule has 0 bridgehead atoms. The first-order valence-corrected chi connectivity index (χ1v) is 11.2. The highest BCUT2D eigenvalue weighted by Gasteiger charge is 2.37. The third-order valence-corrected chi connectivity index (χ3v) is 6.78. The smallest absolute Gasteiger partial charge is 0.264 e. The van der Waals surface area contributed by atoms with Crippen molar-refractivity contribution in [3.05, 3.63) is 90.2 Å². The highest BCUT2D eigenvalue weighted by Crippen LogP contribution is 2.36. The summed E-state index contributed by atoms with van der Waals surface area (Å²) in [6, 6.07) is 20.9. The van der Waals surface area contributed by atoms with Crippen molar-refractivity contribution in [2.75, 3.05) is 17.4 Å². The molecular formula is C23H21FN2O4S. The predicted molar refractivity (Wildman–Crippen MR) is 115 cm³/mol. The minimum atomic E-state index is -4.02. The molecule has 0 radical (unpaired) electrons. The molecule has 0 saturated heterocycles. The maximum atomic E-state index is 13.3. The monoisotopic (exact) mass is 440 g/mol. The summed E-state index contributed by atoms with van der Waals surface area (Å²) >= 11 is 0. The Morgan fingerprint density at radius 2 is 1.68 bits per heavy atom. The molecule has 0 aliphatic carbocycles. The number of hydrogen-bond acceptors (Lipinski definition) is 4. The zero-order valence-electron chi connectivity index (χ0n) is 16.6. The van der Waals surface area contributed by atoms with Crippen molar-refractivity contribution >= 4 is 21.6 Å². The van der Waals surface area contributed by atoms with E-state index in [9.17, 15) is 17.6 Å². The SMILES string of the molecule is O=C(NCCc1ccccc1)C1CN(S(=O)(=O)c2ccc(F)cc2)c2ccccc2O1. The van der Waals surface area contributed by atoms with E-state index in [2.05, 4.69) is 5.32 Å². The van der Waals surface area contributed by atoms with E-state index in [0.29, 0.717) is 24.4 Å². The summed E-state index contributed by atoms with van der Waals surface area (Å²) in [4.78, 5) is 12.7. The van der Waals surface area contributed by atoms with Crippen LogP contribution in [-0.4, -0.2) is 33.5 Å². The Bertz CT molecular complexity index is 1170. The molecule has 1 heterocycles. The molecule has 1 amide bonds. The molecule has 0 fully saturated rings. The number of benzene rings is 3. The minimum Gasteiger partial charge on any atom is -0.476 e. The molecule has 3 aromatic carbocycles. The molecule has 1 N–H and O–H groups in total. The van der Waals surface area contributed by atoms with E-state index in [1.807, 2.05) is 30.3 Å². The Balaban J connectivity index is 1.54. The second-order valence-electron chi connectivity index (χ2n) is 7.09. The summed E-state index contributed by atoms with van der Waals surface area (Å²) in [6.07, 6.45) is -0.367. The lowest BCUT2D eigenvalue weighted by Gasteiger charge is -2.34. The van der Waals surface area contributed by atoms with Crippen molar-refractivity contribution in [3.8, 4) is 5.75 Å². The van der Waals surface area contributed by atoms with Crippen LogP contribution < -0.4 is 14.4 Å². The number of carbonyl (C=O) groups excluding carboxylic acids is 1. The topological polar surface area (TPSA) is 75.7 Å². The van der Waals surface area contributed by atoms with E-state index in [0.717, 1.165) is 22.0 Å². The molecule has 3 aromatic rings. The molecule has 0 aromatic heterocycles. The van der Waals surface area contributed by atoms with Crippen molar-refractivity contribution < 1.29 is 22.3 Å². The van der Waals surface area contributed by atoms with Gasteiger partial charge in [-0.1, -0.05) is 42.5 Å². The Morgan fingerprint density at radius 1 is 1.00 bits per heavy atom. The van der Waals surface area contributed by atoms with Gasteiger partial charge in [-0.25, -0.2) is 12.8 Å². The van der Waals surface area contributed by atoms with E-state index in [4.69, 9.17) is 4.74 Å². The van der Waals surface area contributed by atoms with Gasteiger partial charge in [0.1, 0.15) is 11.6 Å². The first-order chi connectivity index (χ1) is 14.9. The minimum absolute atomic E-state index is 0.0613. The first-order valence-electron chi connectivity index (χ1n) is 9.81. The van der Waals surface area contributed by atoms with Gasteiger partial charge in [-0.15, -0.1) is 0 Å². The zero-order valence-corrected chi connectivity index (χ0v) is 17.4. The van der Waals surface area contributed by atoms with Gasteiger partial charge in [-0.3, -0.25) is 9.10 Å². The number of fused-ring (bicyclic) bond motifs is 1. The van der Waals surface area contributed by atoms with Crippen LogP contribution in [0.5, 0.6) is 5.75 Å². The molecule has 1 aliphatic heterocycles. The van der Waals surface area contributed by atoms with Crippen molar-refractivity contribution in [3.63, 3.8) is 0 Å². The second-order valence-corrected chi connectivity index (χ2v) is 8.95. The molecule has 6 nitrogen and oxygen atoms in total. The van der Waals surface area contributed by atoms with Gasteiger partial charge in [0.25, 0.3) is 15.9 Å². The molecule has 4 rings (SSSR count). The lowest BCUT2D eigenvalue weighted by atomic mass is 10.1. The van der Waals surface area contributed by atoms with Crippen LogP contribution in [0.2, 0.25) is 0 Å². The summed E-state index contributed by atoms with van der Waals surface area (Å²) < 4.78 is 46.7. The number of ether oxygens (including phenoxy) is 1. The number of amides is 1. The number of para-hydroxylation sites is 2. The first kappa shape index (κ1) is 20.9. The molecule has 160 valence electrons. The number of anilines is 1. The van der Waals surface area contributed by atoms with Crippen LogP contribution in [0.15, 0.2) is 83.8 Å². The zero-order chi connectivity index (χ0) is 21.8. The summed E-state index contributed by atoms with van der Waals surface area (Å²) in [6.45, 7) is 0.211. The van der Waals surface area contributed by atoms with Crippen LogP contribution in [0.25, 0.3) is 0 Å². The molecule has 1 aliphatic rings. The van der Waals surface area contributed by atoms with Crippen LogP contribution in [-0.2, 0) is 21.2 Å². The van der Waals surface area contributed by atoms with Gasteiger partial charge in [-0.05, 0) is 48.4 Å². The average molecular weight is 440 g/mol. The highest BCUT2D eigenvalue weighted by atomic mass is 32.2. The van der Waals surface area contributed by atoms with Crippen LogP contribution in [0.4, 0.5) is 10.1 Å². The van der Waals surface area contributed by atoms with Gasteiger partial charge < -0.3 is 10.1 Å². The Morgan fingerprint density at radius 3 is 2.42 bits per heavy atom. The Hall–Kier alpha value is -3.39. The van der Waals surface area contributed by atoms with E-state index in [1.54, 1.807) is 24.3 Å². The Kier molecular flexibility index (Phi) is 5.90. The fourth-order valence-corrected chi connectivity index (χ4v) is 4.86. The lowest BCUT2D eigenvalue weighted by molar-refractivity contribution is -0.127. The largest absolute Gasteiger partial charge is 0.476 e. The molecule has 0 saturated carbocycles. The number of rotatable bonds is 6. The number of carbonyl (C=O) groups is 1. The normalized spacial score (nSPS) is 15.6. The van der Waals surface area contributed by atoms with E-state index < -0.39 is 27.9 Å². The molecule has 1 unspecified atom stereocenters. The number of nitrogens with one attached hydrogen (secondary N) is 1. The molecule has 31 heavy (non-hydrogen) atoms. The Labute approximate surface area is 180 Å². The third-order valence-electron chi connectivity index (χ3n) is 4.98. The van der Waals surface area contributed by atoms with Crippen LogP contribution in [0, 0.1) is 5.82 Å². The highest BCUT2D eigenvalue weighted by molar-refractivity contribution is 7.92. The van der Waals surface area contributed by atoms with Crippen LogP contribution >= 0.6 is 0 Å². The summed E-state index contributed by atoms with van der Waals surface area (Å²) in [7, 11) is -4.02. The lowest BCUT2D eigenvalue weighted by Crippen LogP contribution is -2.51. The molecule has 1 atom stereocenters. The summed E-state index contributed by atoms with van der Waals surface area (Å²) in [5.74, 6) is -0.635. The number of nitrogens with zero attached hydrogens (tertiary/aromatic N) is 1. The average Bonchev–Trinajstić information content (AvgIpc) is 2.79. The molecule has 8 heteroatoms. The fraction of sp³-hybridized carbons (Fsp3) is 0.174. The van der Waals surface area contributed by atoms with Gasteiger partial charge in [0.2, 0.25) is 0 Å². The summed E-state index contributed by atoms with van der Waals surface area (Å²) in [5, 5.41) is 2.82. The van der Waals surface area contributed by atoms with Gasteiger partial charge >= 0.3 is 0 Å². The van der Waals surface area contributed by atoms with E-state index in [1.165, 1.54) is 12.1 Å². The van der Waals surface area contributed by atoms with Gasteiger partial charge in [0.05, 0.1) is 17.1 Å². The standard InChI is InChI=1S/C23H21FN2O4S/c24-18-10-12-19(13-11-18)31(28,29)26-16-22(30-21-9-5-4-8-20(21)26)23(27)25-15-14-17-6-2-1-3-7-17/h1-13,22H,14-16H2,(H,25,27). The predicted octanol–water partition coefficient (Wildman–Crippen LogP) is 3.14. The number of sulfonamides is 1. The van der Waals surface area contributed by atoms with Crippen LogP contribution in [0.3, 0.4) is 0 Å². The van der Waals surface area contributed by atoms with Gasteiger partial charge in [-0.2, -0.15) is 0 Å². The van der Waals surface area contributed by atoms with Gasteiger partial charge in [0, 0.05) is 6.54 Å². The van der Waals surface area contributed by atoms with Crippen molar-refractivity contribution in [1.29, 1.82) is 0 Å². The van der Waals surface area contributed by atoms with E-state index >= 15 is 0 Å². The second kappa shape index (κ2) is 8.77.